The Morgan fingerprint density at radius 3 is 2.86 bits per heavy atom. The van der Waals surface area contributed by atoms with Crippen molar-refractivity contribution < 1.29 is 4.79 Å². The van der Waals surface area contributed by atoms with E-state index in [0.29, 0.717) is 21.5 Å². The summed E-state index contributed by atoms with van der Waals surface area (Å²) >= 11 is 8.72. The topological polar surface area (TPSA) is 62.8 Å². The number of carbonyl (C=O) groups is 1. The number of nitrogens with one attached hydrogen (secondary N) is 1. The van der Waals surface area contributed by atoms with E-state index in [9.17, 15) is 9.59 Å². The summed E-state index contributed by atoms with van der Waals surface area (Å²) in [5, 5.41) is 1.10. The van der Waals surface area contributed by atoms with Gasteiger partial charge in [-0.25, -0.2) is 4.98 Å². The van der Waals surface area contributed by atoms with Crippen LogP contribution in [-0.2, 0) is 11.5 Å². The van der Waals surface area contributed by atoms with Crippen molar-refractivity contribution in [3.63, 3.8) is 0 Å². The summed E-state index contributed by atoms with van der Waals surface area (Å²) in [5.41, 5.74) is 2.11. The number of H-pyrrole nitrogens is 1. The number of carbonyl (C=O) groups excluding carboxylic acids is 1. The fraction of sp³-hybridized carbons (Fsp3) is 0.214. The van der Waals surface area contributed by atoms with Gasteiger partial charge in [0.1, 0.15) is 0 Å². The summed E-state index contributed by atoms with van der Waals surface area (Å²) in [6.07, 6.45) is 0. The van der Waals surface area contributed by atoms with E-state index in [4.69, 9.17) is 11.6 Å². The minimum atomic E-state index is -0.0913. The lowest BCUT2D eigenvalue weighted by atomic mass is 10.1. The molecule has 1 aliphatic heterocycles. The molecule has 7 heteroatoms. The molecule has 108 valence electrons. The second kappa shape index (κ2) is 6.25. The minimum absolute atomic E-state index is 0.0193. The Labute approximate surface area is 134 Å². The quantitative estimate of drug-likeness (QED) is 0.527. The summed E-state index contributed by atoms with van der Waals surface area (Å²) in [7, 11) is 0. The van der Waals surface area contributed by atoms with E-state index in [0.717, 1.165) is 17.0 Å². The number of hydrogen-bond donors (Lipinski definition) is 1. The van der Waals surface area contributed by atoms with Gasteiger partial charge in [-0.2, -0.15) is 11.8 Å². The number of nitrogens with zero attached hydrogens (tertiary/aromatic N) is 1. The van der Waals surface area contributed by atoms with E-state index in [-0.39, 0.29) is 17.1 Å². The maximum absolute atomic E-state index is 12.1. The molecule has 0 radical (unpaired) electrons. The van der Waals surface area contributed by atoms with Crippen LogP contribution in [0.15, 0.2) is 34.2 Å². The molecule has 0 spiro atoms. The van der Waals surface area contributed by atoms with Crippen molar-refractivity contribution in [1.29, 1.82) is 0 Å². The molecule has 0 fully saturated rings. The maximum atomic E-state index is 12.1. The van der Waals surface area contributed by atoms with Crippen molar-refractivity contribution in [2.75, 3.05) is 5.75 Å². The molecule has 0 bridgehead atoms. The van der Waals surface area contributed by atoms with Crippen LogP contribution in [0.25, 0.3) is 0 Å². The van der Waals surface area contributed by atoms with Crippen LogP contribution in [0.2, 0.25) is 5.02 Å². The number of benzene rings is 1. The number of ketones is 1. The Hall–Kier alpha value is -1.24. The number of rotatable bonds is 4. The number of fused-ring (bicyclic) bond motifs is 1. The Kier molecular flexibility index (Phi) is 4.37. The molecule has 3 rings (SSSR count). The van der Waals surface area contributed by atoms with Gasteiger partial charge >= 0.3 is 0 Å². The standard InChI is InChI=1S/C14H11ClN2O2S2/c15-9-3-1-8(2-4-9)12(18)7-21-14-16-11-6-20-5-10(11)13(19)17-14/h1-4H,5-7H2,(H,16,17,19). The van der Waals surface area contributed by atoms with Gasteiger partial charge in [-0.05, 0) is 24.3 Å². The van der Waals surface area contributed by atoms with Crippen LogP contribution in [0, 0.1) is 0 Å². The van der Waals surface area contributed by atoms with Crippen LogP contribution in [-0.4, -0.2) is 21.5 Å². The number of thioether (sulfide) groups is 2. The van der Waals surface area contributed by atoms with Gasteiger partial charge in [0.15, 0.2) is 10.9 Å². The highest BCUT2D eigenvalue weighted by Gasteiger charge is 2.18. The summed E-state index contributed by atoms with van der Waals surface area (Å²) in [6.45, 7) is 0. The van der Waals surface area contributed by atoms with E-state index < -0.39 is 0 Å². The molecular formula is C14H11ClN2O2S2. The van der Waals surface area contributed by atoms with Gasteiger partial charge in [-0.3, -0.25) is 9.59 Å². The van der Waals surface area contributed by atoms with Crippen LogP contribution in [0.1, 0.15) is 21.6 Å². The second-order valence-corrected chi connectivity index (χ2v) is 6.89. The first-order valence-electron chi connectivity index (χ1n) is 6.25. The lowest BCUT2D eigenvalue weighted by Crippen LogP contribution is -2.15. The van der Waals surface area contributed by atoms with Gasteiger partial charge in [0.2, 0.25) is 0 Å². The first kappa shape index (κ1) is 14.7. The third-order valence-electron chi connectivity index (χ3n) is 3.07. The third-order valence-corrected chi connectivity index (χ3v) is 5.17. The smallest absolute Gasteiger partial charge is 0.255 e. The van der Waals surface area contributed by atoms with Crippen molar-refractivity contribution in [3.8, 4) is 0 Å². The van der Waals surface area contributed by atoms with Gasteiger partial charge in [0.05, 0.1) is 11.4 Å². The van der Waals surface area contributed by atoms with E-state index >= 15 is 0 Å². The SMILES string of the molecule is O=C(CSc1nc2c(c(=O)[nH]1)CSC2)c1ccc(Cl)cc1. The lowest BCUT2D eigenvalue weighted by Gasteiger charge is -2.03. The van der Waals surface area contributed by atoms with Crippen molar-refractivity contribution in [2.45, 2.75) is 16.7 Å². The van der Waals surface area contributed by atoms with Gasteiger partial charge in [-0.1, -0.05) is 23.4 Å². The van der Waals surface area contributed by atoms with Gasteiger partial charge < -0.3 is 4.98 Å². The average molecular weight is 339 g/mol. The summed E-state index contributed by atoms with van der Waals surface area (Å²) in [5.74, 6) is 1.69. The van der Waals surface area contributed by atoms with Crippen LogP contribution >= 0.6 is 35.1 Å². The third kappa shape index (κ3) is 3.33. The zero-order valence-electron chi connectivity index (χ0n) is 10.9. The highest BCUT2D eigenvalue weighted by atomic mass is 35.5. The van der Waals surface area contributed by atoms with E-state index in [2.05, 4.69) is 9.97 Å². The Morgan fingerprint density at radius 2 is 2.10 bits per heavy atom. The highest BCUT2D eigenvalue weighted by Crippen LogP contribution is 2.26. The number of Topliss-reactive ketones (excluding diaryl/α,β-unsaturated/α-hetero) is 1. The number of hydrogen-bond acceptors (Lipinski definition) is 5. The molecule has 0 saturated carbocycles. The molecule has 0 unspecified atom stereocenters. The van der Waals surface area contributed by atoms with Crippen LogP contribution in [0.3, 0.4) is 0 Å². The number of halogens is 1. The van der Waals surface area contributed by atoms with Gasteiger partial charge in [0, 0.05) is 27.7 Å². The fourth-order valence-corrected chi connectivity index (χ4v) is 3.90. The molecule has 0 amide bonds. The molecule has 21 heavy (non-hydrogen) atoms. The fourth-order valence-electron chi connectivity index (χ4n) is 1.96. The lowest BCUT2D eigenvalue weighted by molar-refractivity contribution is 0.102. The van der Waals surface area contributed by atoms with Crippen molar-refractivity contribution in [1.82, 2.24) is 9.97 Å². The molecule has 1 aromatic carbocycles. The number of aromatic amines is 1. The molecule has 0 saturated heterocycles. The van der Waals surface area contributed by atoms with E-state index in [1.807, 2.05) is 0 Å². The molecule has 1 N–H and O–H groups in total. The van der Waals surface area contributed by atoms with Crippen molar-refractivity contribution in [2.24, 2.45) is 0 Å². The largest absolute Gasteiger partial charge is 0.301 e. The molecule has 1 aromatic heterocycles. The van der Waals surface area contributed by atoms with Crippen LogP contribution in [0.5, 0.6) is 0 Å². The van der Waals surface area contributed by atoms with Gasteiger partial charge in [-0.15, -0.1) is 0 Å². The Morgan fingerprint density at radius 1 is 1.33 bits per heavy atom. The predicted molar refractivity (Wildman–Crippen MR) is 86.4 cm³/mol. The molecular weight excluding hydrogens is 328 g/mol. The second-order valence-electron chi connectivity index (χ2n) is 4.51. The Bertz CT molecular complexity index is 744. The molecule has 0 atom stereocenters. The minimum Gasteiger partial charge on any atom is -0.301 e. The molecule has 4 nitrogen and oxygen atoms in total. The van der Waals surface area contributed by atoms with Crippen LogP contribution < -0.4 is 5.56 Å². The summed E-state index contributed by atoms with van der Waals surface area (Å²) < 4.78 is 0. The van der Waals surface area contributed by atoms with Gasteiger partial charge in [0.25, 0.3) is 5.56 Å². The van der Waals surface area contributed by atoms with E-state index in [1.54, 1.807) is 36.0 Å². The van der Waals surface area contributed by atoms with Crippen LogP contribution in [0.4, 0.5) is 0 Å². The average Bonchev–Trinajstić information content (AvgIpc) is 2.94. The maximum Gasteiger partial charge on any atom is 0.255 e. The van der Waals surface area contributed by atoms with E-state index in [1.165, 1.54) is 11.8 Å². The zero-order valence-corrected chi connectivity index (χ0v) is 13.3. The first-order valence-corrected chi connectivity index (χ1v) is 8.76. The molecule has 2 heterocycles. The zero-order chi connectivity index (χ0) is 14.8. The molecule has 0 aliphatic carbocycles. The van der Waals surface area contributed by atoms with Crippen molar-refractivity contribution in [3.05, 3.63) is 56.5 Å². The number of aromatic nitrogens is 2. The highest BCUT2D eigenvalue weighted by molar-refractivity contribution is 7.99. The van der Waals surface area contributed by atoms with Crippen molar-refractivity contribution >= 4 is 40.9 Å². The Balaban J connectivity index is 1.70. The summed E-state index contributed by atoms with van der Waals surface area (Å²) in [6, 6.07) is 6.76. The molecule has 1 aliphatic rings. The normalized spacial score (nSPS) is 13.2. The summed E-state index contributed by atoms with van der Waals surface area (Å²) in [4.78, 5) is 31.1. The first-order chi connectivity index (χ1) is 10.1. The molecule has 2 aromatic rings. The monoisotopic (exact) mass is 338 g/mol. The predicted octanol–water partition coefficient (Wildman–Crippen LogP) is 3.15.